The normalized spacial score (nSPS) is 10.2. The predicted molar refractivity (Wildman–Crippen MR) is 50.9 cm³/mol. The van der Waals surface area contributed by atoms with Gasteiger partial charge in [0, 0.05) is 24.8 Å². The molecule has 76 valence electrons. The van der Waals surface area contributed by atoms with Crippen molar-refractivity contribution in [2.45, 2.75) is 6.92 Å². The molecule has 2 aromatic heterocycles. The summed E-state index contributed by atoms with van der Waals surface area (Å²) in [4.78, 5) is 22.6. The van der Waals surface area contributed by atoms with Crippen molar-refractivity contribution in [3.05, 3.63) is 36.3 Å². The number of carboxylic acids is 1. The lowest BCUT2D eigenvalue weighted by Gasteiger charge is -2.05. The first-order chi connectivity index (χ1) is 7.20. The number of hydrogen-bond donors (Lipinski definition) is 1. The van der Waals surface area contributed by atoms with E-state index in [2.05, 4.69) is 15.0 Å². The summed E-state index contributed by atoms with van der Waals surface area (Å²) in [7, 11) is 0. The molecule has 6 nitrogen and oxygen atoms in total. The Morgan fingerprint density at radius 2 is 2.00 bits per heavy atom. The maximum absolute atomic E-state index is 10.9. The average Bonchev–Trinajstić information content (AvgIpc) is 2.64. The average molecular weight is 204 g/mol. The second-order valence-electron chi connectivity index (χ2n) is 2.88. The van der Waals surface area contributed by atoms with Gasteiger partial charge in [-0.2, -0.15) is 0 Å². The summed E-state index contributed by atoms with van der Waals surface area (Å²) in [5.41, 5.74) is -0.0846. The third-order valence-corrected chi connectivity index (χ3v) is 1.94. The van der Waals surface area contributed by atoms with Gasteiger partial charge in [-0.1, -0.05) is 0 Å². The van der Waals surface area contributed by atoms with Crippen LogP contribution >= 0.6 is 0 Å². The highest BCUT2D eigenvalue weighted by Gasteiger charge is 2.14. The van der Waals surface area contributed by atoms with Crippen molar-refractivity contribution in [3.63, 3.8) is 0 Å². The summed E-state index contributed by atoms with van der Waals surface area (Å²) in [6.45, 7) is 1.76. The highest BCUT2D eigenvalue weighted by molar-refractivity contribution is 5.88. The van der Waals surface area contributed by atoms with Gasteiger partial charge in [0.1, 0.15) is 5.82 Å². The third-order valence-electron chi connectivity index (χ3n) is 1.94. The van der Waals surface area contributed by atoms with Crippen LogP contribution in [-0.4, -0.2) is 30.6 Å². The Hall–Kier alpha value is -2.24. The fourth-order valence-electron chi connectivity index (χ4n) is 1.26. The Balaban J connectivity index is 2.63. The predicted octanol–water partition coefficient (Wildman–Crippen LogP) is 0.669. The van der Waals surface area contributed by atoms with E-state index in [-0.39, 0.29) is 11.5 Å². The molecular formula is C9H8N4O2. The van der Waals surface area contributed by atoms with Crippen LogP contribution in [-0.2, 0) is 0 Å². The fourth-order valence-corrected chi connectivity index (χ4v) is 1.26. The summed E-state index contributed by atoms with van der Waals surface area (Å²) in [5, 5.41) is 8.92. The number of aryl methyl sites for hydroxylation is 1. The molecule has 0 aliphatic heterocycles. The van der Waals surface area contributed by atoms with Gasteiger partial charge in [-0.25, -0.2) is 19.7 Å². The van der Waals surface area contributed by atoms with Crippen LogP contribution < -0.4 is 0 Å². The monoisotopic (exact) mass is 204 g/mol. The summed E-state index contributed by atoms with van der Waals surface area (Å²) in [5.74, 6) is -0.163. The van der Waals surface area contributed by atoms with Crippen LogP contribution in [0.4, 0.5) is 0 Å². The summed E-state index contributed by atoms with van der Waals surface area (Å²) >= 11 is 0. The molecule has 0 spiro atoms. The third kappa shape index (κ3) is 1.56. The van der Waals surface area contributed by atoms with Crippen LogP contribution in [0.3, 0.4) is 0 Å². The maximum atomic E-state index is 10.9. The van der Waals surface area contributed by atoms with E-state index in [0.29, 0.717) is 5.82 Å². The van der Waals surface area contributed by atoms with Gasteiger partial charge in [-0.05, 0) is 6.92 Å². The fraction of sp³-hybridized carbons (Fsp3) is 0.111. The first-order valence-corrected chi connectivity index (χ1v) is 4.25. The number of aromatic carboxylic acids is 1. The minimum Gasteiger partial charge on any atom is -0.476 e. The lowest BCUT2D eigenvalue weighted by Crippen LogP contribution is -2.10. The van der Waals surface area contributed by atoms with Crippen molar-refractivity contribution in [2.24, 2.45) is 0 Å². The van der Waals surface area contributed by atoms with Crippen molar-refractivity contribution in [1.82, 2.24) is 19.5 Å². The van der Waals surface area contributed by atoms with E-state index in [0.717, 1.165) is 0 Å². The smallest absolute Gasteiger partial charge is 0.358 e. The zero-order chi connectivity index (χ0) is 10.8. The number of aromatic nitrogens is 4. The molecule has 0 radical (unpaired) electrons. The maximum Gasteiger partial charge on any atom is 0.358 e. The lowest BCUT2D eigenvalue weighted by molar-refractivity contribution is 0.0690. The number of nitrogens with zero attached hydrogens (tertiary/aromatic N) is 4. The minimum absolute atomic E-state index is 0.0846. The molecule has 2 aromatic rings. The second-order valence-corrected chi connectivity index (χ2v) is 2.88. The van der Waals surface area contributed by atoms with E-state index in [1.54, 1.807) is 23.9 Å². The molecule has 15 heavy (non-hydrogen) atoms. The molecule has 0 unspecified atom stereocenters. The van der Waals surface area contributed by atoms with Gasteiger partial charge in [0.25, 0.3) is 0 Å². The summed E-state index contributed by atoms with van der Waals surface area (Å²) < 4.78 is 1.58. The molecule has 6 heteroatoms. The van der Waals surface area contributed by atoms with Gasteiger partial charge in [-0.3, -0.25) is 4.57 Å². The molecule has 0 fully saturated rings. The van der Waals surface area contributed by atoms with Gasteiger partial charge in [-0.15, -0.1) is 0 Å². The van der Waals surface area contributed by atoms with Crippen molar-refractivity contribution in [2.75, 3.05) is 0 Å². The lowest BCUT2D eigenvalue weighted by atomic mass is 10.4. The van der Waals surface area contributed by atoms with Crippen LogP contribution in [0.5, 0.6) is 0 Å². The Morgan fingerprint density at radius 3 is 2.60 bits per heavy atom. The molecule has 2 rings (SSSR count). The van der Waals surface area contributed by atoms with Crippen LogP contribution in [0.15, 0.2) is 24.8 Å². The van der Waals surface area contributed by atoms with Crippen molar-refractivity contribution < 1.29 is 9.90 Å². The van der Waals surface area contributed by atoms with E-state index < -0.39 is 5.97 Å². The number of rotatable bonds is 2. The van der Waals surface area contributed by atoms with Crippen molar-refractivity contribution in [3.8, 4) is 5.82 Å². The molecule has 0 aliphatic carbocycles. The van der Waals surface area contributed by atoms with E-state index in [9.17, 15) is 4.79 Å². The SMILES string of the molecule is Cc1nccn1-c1nccnc1C(=O)O. The van der Waals surface area contributed by atoms with Gasteiger partial charge >= 0.3 is 5.97 Å². The topological polar surface area (TPSA) is 80.9 Å². The Labute approximate surface area is 85.3 Å². The van der Waals surface area contributed by atoms with E-state index in [4.69, 9.17) is 5.11 Å². The Morgan fingerprint density at radius 1 is 1.27 bits per heavy atom. The number of hydrogen-bond acceptors (Lipinski definition) is 4. The van der Waals surface area contributed by atoms with Gasteiger partial charge in [0.05, 0.1) is 0 Å². The molecule has 0 aliphatic rings. The van der Waals surface area contributed by atoms with Gasteiger partial charge in [0.2, 0.25) is 0 Å². The van der Waals surface area contributed by atoms with Crippen LogP contribution in [0.1, 0.15) is 16.3 Å². The van der Waals surface area contributed by atoms with E-state index >= 15 is 0 Å². The molecule has 2 heterocycles. The molecule has 0 saturated carbocycles. The van der Waals surface area contributed by atoms with Crippen molar-refractivity contribution in [1.29, 1.82) is 0 Å². The zero-order valence-corrected chi connectivity index (χ0v) is 7.95. The number of imidazole rings is 1. The quantitative estimate of drug-likeness (QED) is 0.777. The van der Waals surface area contributed by atoms with E-state index in [1.165, 1.54) is 12.4 Å². The molecule has 1 N–H and O–H groups in total. The molecular weight excluding hydrogens is 196 g/mol. The highest BCUT2D eigenvalue weighted by Crippen LogP contribution is 2.10. The Bertz CT molecular complexity index is 506. The molecule has 0 amide bonds. The second kappa shape index (κ2) is 3.49. The number of carbonyl (C=O) groups is 1. The first kappa shape index (κ1) is 9.32. The van der Waals surface area contributed by atoms with Crippen LogP contribution in [0.25, 0.3) is 5.82 Å². The van der Waals surface area contributed by atoms with Crippen LogP contribution in [0, 0.1) is 6.92 Å². The first-order valence-electron chi connectivity index (χ1n) is 4.25. The molecule has 0 saturated heterocycles. The molecule has 0 bridgehead atoms. The molecule has 0 aromatic carbocycles. The van der Waals surface area contributed by atoms with Gasteiger partial charge in [0.15, 0.2) is 11.5 Å². The van der Waals surface area contributed by atoms with Crippen LogP contribution in [0.2, 0.25) is 0 Å². The largest absolute Gasteiger partial charge is 0.476 e. The van der Waals surface area contributed by atoms with Crippen molar-refractivity contribution >= 4 is 5.97 Å². The zero-order valence-electron chi connectivity index (χ0n) is 7.95. The molecule has 0 atom stereocenters. The Kier molecular flexibility index (Phi) is 2.17. The number of carboxylic acid groups (broad SMARTS) is 1. The standard InChI is InChI=1S/C9H8N4O2/c1-6-10-4-5-13(6)8-7(9(14)15)11-2-3-12-8/h2-5H,1H3,(H,14,15). The highest BCUT2D eigenvalue weighted by atomic mass is 16.4. The minimum atomic E-state index is -1.11. The van der Waals surface area contributed by atoms with E-state index in [1.807, 2.05) is 0 Å². The summed E-state index contributed by atoms with van der Waals surface area (Å²) in [6, 6.07) is 0. The summed E-state index contributed by atoms with van der Waals surface area (Å²) in [6.07, 6.45) is 6.02. The van der Waals surface area contributed by atoms with Gasteiger partial charge < -0.3 is 5.11 Å².